The first-order chi connectivity index (χ1) is 13.6. The fourth-order valence-corrected chi connectivity index (χ4v) is 4.64. The zero-order valence-electron chi connectivity index (χ0n) is 16.2. The Kier molecular flexibility index (Phi) is 4.20. The molecule has 2 aromatic rings. The Bertz CT molecular complexity index is 955. The summed E-state index contributed by atoms with van der Waals surface area (Å²) in [7, 11) is 2.15. The van der Waals surface area contributed by atoms with Crippen molar-refractivity contribution in [3.8, 4) is 6.07 Å². The van der Waals surface area contributed by atoms with E-state index < -0.39 is 0 Å². The second-order valence-electron chi connectivity index (χ2n) is 8.27. The number of hydrogen-bond donors (Lipinski definition) is 0. The SMILES string of the molecule is CN1CCc2nc3ccnn3c(N3CC(C(=O)N4CCC(C#N)C4)C3)c2CC1. The molecule has 0 N–H and O–H groups in total. The van der Waals surface area contributed by atoms with Crippen LogP contribution in [0.1, 0.15) is 17.7 Å². The maximum Gasteiger partial charge on any atom is 0.229 e. The number of nitrogens with zero attached hydrogens (tertiary/aromatic N) is 7. The highest BCUT2D eigenvalue weighted by Gasteiger charge is 2.40. The third-order valence-corrected chi connectivity index (χ3v) is 6.38. The zero-order chi connectivity index (χ0) is 19.3. The fraction of sp³-hybridized carbons (Fsp3) is 0.600. The number of anilines is 1. The second kappa shape index (κ2) is 6.74. The lowest BCUT2D eigenvalue weighted by atomic mass is 9.96. The van der Waals surface area contributed by atoms with Gasteiger partial charge >= 0.3 is 0 Å². The van der Waals surface area contributed by atoms with Crippen LogP contribution in [0.4, 0.5) is 5.82 Å². The number of nitriles is 1. The number of likely N-dealkylation sites (N-methyl/N-ethyl adjacent to an activating group) is 1. The van der Waals surface area contributed by atoms with Crippen LogP contribution in [0.25, 0.3) is 5.65 Å². The molecule has 0 aliphatic carbocycles. The van der Waals surface area contributed by atoms with E-state index >= 15 is 0 Å². The largest absolute Gasteiger partial charge is 0.354 e. The summed E-state index contributed by atoms with van der Waals surface area (Å²) in [6.45, 7) is 4.76. The zero-order valence-corrected chi connectivity index (χ0v) is 16.2. The predicted molar refractivity (Wildman–Crippen MR) is 104 cm³/mol. The van der Waals surface area contributed by atoms with Crippen LogP contribution in [-0.4, -0.2) is 76.6 Å². The molecule has 3 aliphatic heterocycles. The molecular formula is C20H25N7O. The van der Waals surface area contributed by atoms with Gasteiger partial charge in [0.2, 0.25) is 5.91 Å². The molecule has 8 nitrogen and oxygen atoms in total. The minimum Gasteiger partial charge on any atom is -0.354 e. The number of carbonyl (C=O) groups is 1. The lowest BCUT2D eigenvalue weighted by Gasteiger charge is -2.42. The first-order valence-electron chi connectivity index (χ1n) is 10.1. The number of fused-ring (bicyclic) bond motifs is 2. The van der Waals surface area contributed by atoms with E-state index in [1.54, 1.807) is 6.20 Å². The molecule has 0 spiro atoms. The summed E-state index contributed by atoms with van der Waals surface area (Å²) < 4.78 is 1.94. The van der Waals surface area contributed by atoms with Crippen LogP contribution in [0.5, 0.6) is 0 Å². The Morgan fingerprint density at radius 1 is 1.21 bits per heavy atom. The van der Waals surface area contributed by atoms with Gasteiger partial charge in [-0.05, 0) is 19.9 Å². The average molecular weight is 379 g/mol. The molecule has 8 heteroatoms. The summed E-state index contributed by atoms with van der Waals surface area (Å²) in [6, 6.07) is 4.24. The summed E-state index contributed by atoms with van der Waals surface area (Å²) in [6.07, 6.45) is 4.50. The molecule has 5 heterocycles. The lowest BCUT2D eigenvalue weighted by molar-refractivity contribution is -0.135. The summed E-state index contributed by atoms with van der Waals surface area (Å²) in [5.41, 5.74) is 3.32. The van der Waals surface area contributed by atoms with E-state index in [0.29, 0.717) is 26.2 Å². The van der Waals surface area contributed by atoms with Crippen LogP contribution in [0.15, 0.2) is 12.3 Å². The number of amides is 1. The second-order valence-corrected chi connectivity index (χ2v) is 8.27. The van der Waals surface area contributed by atoms with Gasteiger partial charge in [-0.3, -0.25) is 4.79 Å². The fourth-order valence-electron chi connectivity index (χ4n) is 4.64. The minimum atomic E-state index is -0.00298. The summed E-state index contributed by atoms with van der Waals surface area (Å²) in [4.78, 5) is 24.2. The van der Waals surface area contributed by atoms with E-state index in [1.165, 1.54) is 11.3 Å². The Labute approximate surface area is 164 Å². The van der Waals surface area contributed by atoms with Gasteiger partial charge in [0.15, 0.2) is 5.65 Å². The van der Waals surface area contributed by atoms with Crippen molar-refractivity contribution in [3.63, 3.8) is 0 Å². The molecule has 2 saturated heterocycles. The van der Waals surface area contributed by atoms with Gasteiger partial charge in [0, 0.05) is 57.3 Å². The molecule has 2 aromatic heterocycles. The van der Waals surface area contributed by atoms with E-state index in [0.717, 1.165) is 43.8 Å². The van der Waals surface area contributed by atoms with E-state index in [2.05, 4.69) is 28.0 Å². The molecule has 0 aromatic carbocycles. The van der Waals surface area contributed by atoms with E-state index in [1.807, 2.05) is 15.5 Å². The summed E-state index contributed by atoms with van der Waals surface area (Å²) in [5.74, 6) is 1.32. The molecule has 0 radical (unpaired) electrons. The van der Waals surface area contributed by atoms with Crippen molar-refractivity contribution in [3.05, 3.63) is 23.5 Å². The van der Waals surface area contributed by atoms with Gasteiger partial charge in [0.05, 0.1) is 29.8 Å². The van der Waals surface area contributed by atoms with Crippen molar-refractivity contribution in [1.29, 1.82) is 5.26 Å². The third-order valence-electron chi connectivity index (χ3n) is 6.38. The van der Waals surface area contributed by atoms with Gasteiger partial charge in [0.1, 0.15) is 5.82 Å². The lowest BCUT2D eigenvalue weighted by Crippen LogP contribution is -2.55. The molecule has 28 heavy (non-hydrogen) atoms. The number of carbonyl (C=O) groups excluding carboxylic acids is 1. The first kappa shape index (κ1) is 17.4. The van der Waals surface area contributed by atoms with E-state index in [4.69, 9.17) is 10.2 Å². The van der Waals surface area contributed by atoms with Gasteiger partial charge < -0.3 is 14.7 Å². The van der Waals surface area contributed by atoms with Crippen molar-refractivity contribution in [2.24, 2.45) is 11.8 Å². The van der Waals surface area contributed by atoms with Crippen LogP contribution >= 0.6 is 0 Å². The van der Waals surface area contributed by atoms with Crippen LogP contribution in [0.2, 0.25) is 0 Å². The average Bonchev–Trinajstić information content (AvgIpc) is 3.28. The minimum absolute atomic E-state index is 0.00298. The standard InChI is InChI=1S/C20H25N7O/c1-24-7-4-16-17(5-8-24)23-18-2-6-22-27(18)19(16)26-12-15(13-26)20(28)25-9-3-14(10-21)11-25/h2,6,14-15H,3-5,7-9,11-13H2,1H3. The van der Waals surface area contributed by atoms with Gasteiger partial charge in [0.25, 0.3) is 0 Å². The maximum atomic E-state index is 12.8. The van der Waals surface area contributed by atoms with Crippen molar-refractivity contribution < 1.29 is 4.79 Å². The van der Waals surface area contributed by atoms with Crippen molar-refractivity contribution in [2.45, 2.75) is 19.3 Å². The molecule has 1 atom stereocenters. The molecule has 5 rings (SSSR count). The number of aromatic nitrogens is 3. The third kappa shape index (κ3) is 2.81. The van der Waals surface area contributed by atoms with Gasteiger partial charge in [-0.1, -0.05) is 0 Å². The summed E-state index contributed by atoms with van der Waals surface area (Å²) >= 11 is 0. The molecule has 0 bridgehead atoms. The topological polar surface area (TPSA) is 80.8 Å². The monoisotopic (exact) mass is 379 g/mol. The number of hydrogen-bond acceptors (Lipinski definition) is 6. The predicted octanol–water partition coefficient (Wildman–Crippen LogP) is 0.568. The van der Waals surface area contributed by atoms with Gasteiger partial charge in [-0.25, -0.2) is 4.98 Å². The van der Waals surface area contributed by atoms with Gasteiger partial charge in [-0.15, -0.1) is 0 Å². The highest BCUT2D eigenvalue weighted by Crippen LogP contribution is 2.33. The molecule has 2 fully saturated rings. The van der Waals surface area contributed by atoms with Crippen molar-refractivity contribution in [2.75, 3.05) is 51.2 Å². The molecule has 1 amide bonds. The molecule has 3 aliphatic rings. The molecule has 0 saturated carbocycles. The Balaban J connectivity index is 1.38. The van der Waals surface area contributed by atoms with E-state index in [-0.39, 0.29) is 17.7 Å². The van der Waals surface area contributed by atoms with E-state index in [9.17, 15) is 4.79 Å². The maximum absolute atomic E-state index is 12.8. The van der Waals surface area contributed by atoms with Crippen LogP contribution in [0, 0.1) is 23.2 Å². The first-order valence-corrected chi connectivity index (χ1v) is 10.1. The molecule has 1 unspecified atom stereocenters. The van der Waals surface area contributed by atoms with Crippen LogP contribution in [0.3, 0.4) is 0 Å². The smallest absolute Gasteiger partial charge is 0.229 e. The summed E-state index contributed by atoms with van der Waals surface area (Å²) in [5, 5.41) is 13.6. The van der Waals surface area contributed by atoms with Crippen LogP contribution in [-0.2, 0) is 17.6 Å². The Morgan fingerprint density at radius 3 is 2.82 bits per heavy atom. The molecule has 146 valence electrons. The van der Waals surface area contributed by atoms with Gasteiger partial charge in [-0.2, -0.15) is 14.9 Å². The van der Waals surface area contributed by atoms with Crippen LogP contribution < -0.4 is 4.90 Å². The number of rotatable bonds is 2. The quantitative estimate of drug-likeness (QED) is 0.759. The van der Waals surface area contributed by atoms with Crippen molar-refractivity contribution in [1.82, 2.24) is 24.4 Å². The molecular weight excluding hydrogens is 354 g/mol. The Hall–Kier alpha value is -2.66. The highest BCUT2D eigenvalue weighted by atomic mass is 16.2. The Morgan fingerprint density at radius 2 is 2.04 bits per heavy atom. The highest BCUT2D eigenvalue weighted by molar-refractivity contribution is 5.82. The normalized spacial score (nSPS) is 23.4. The number of likely N-dealkylation sites (tertiary alicyclic amines) is 1. The van der Waals surface area contributed by atoms with Crippen molar-refractivity contribution >= 4 is 17.4 Å².